The lowest BCUT2D eigenvalue weighted by Gasteiger charge is -2.46. The van der Waals surface area contributed by atoms with Crippen LogP contribution in [-0.4, -0.2) is 60.3 Å². The van der Waals surface area contributed by atoms with Crippen LogP contribution in [0.15, 0.2) is 52.9 Å². The number of ketones is 1. The summed E-state index contributed by atoms with van der Waals surface area (Å²) in [6, 6.07) is 12.4. The van der Waals surface area contributed by atoms with Crippen molar-refractivity contribution in [3.8, 4) is 5.75 Å². The van der Waals surface area contributed by atoms with Crippen LogP contribution < -0.4 is 9.64 Å². The summed E-state index contributed by atoms with van der Waals surface area (Å²) >= 11 is 0. The first-order chi connectivity index (χ1) is 22.1. The van der Waals surface area contributed by atoms with Gasteiger partial charge in [0.2, 0.25) is 0 Å². The standard InChI is InChI=1S/C38H50N2O5S/c1-26(2)19-31(41)23-46(43)18-7-5-6-10-35(44-4)32-14-12-30(32)22-40-24-38(17-8-9-28-20-27(3)11-15-33(28)38)25-45-36-16-13-29(21-34(36)40)37(42)39-46/h6,10-11,13,15-16,20-21,26,30,32,35H,5,7-9,12,14,17-19,22-25H2,1-4H3/b10-6+/t30-,32+,35-,38-,46+/m0/s1. The quantitative estimate of drug-likeness (QED) is 0.323. The van der Waals surface area contributed by atoms with Gasteiger partial charge in [-0.05, 0) is 98.9 Å². The number of ether oxygens (including phenoxy) is 2. The molecule has 46 heavy (non-hydrogen) atoms. The van der Waals surface area contributed by atoms with Crippen LogP contribution in [0.25, 0.3) is 0 Å². The summed E-state index contributed by atoms with van der Waals surface area (Å²) < 4.78 is 31.2. The Morgan fingerprint density at radius 2 is 2.02 bits per heavy atom. The second-order valence-electron chi connectivity index (χ2n) is 14.6. The highest BCUT2D eigenvalue weighted by atomic mass is 32.2. The summed E-state index contributed by atoms with van der Waals surface area (Å²) in [6.07, 6.45) is 11.4. The molecule has 2 heterocycles. The average Bonchev–Trinajstić information content (AvgIpc) is 3.14. The van der Waals surface area contributed by atoms with Crippen molar-refractivity contribution in [3.63, 3.8) is 0 Å². The molecule has 1 fully saturated rings. The Balaban J connectivity index is 1.42. The molecule has 2 aliphatic carbocycles. The highest BCUT2D eigenvalue weighted by Gasteiger charge is 2.44. The molecule has 248 valence electrons. The topological polar surface area (TPSA) is 85.3 Å². The van der Waals surface area contributed by atoms with Gasteiger partial charge in [-0.1, -0.05) is 49.8 Å². The van der Waals surface area contributed by atoms with Crippen LogP contribution in [0.4, 0.5) is 5.69 Å². The number of nitrogens with zero attached hydrogens (tertiary/aromatic N) is 2. The van der Waals surface area contributed by atoms with Gasteiger partial charge < -0.3 is 14.4 Å². The first-order valence-electron chi connectivity index (χ1n) is 17.2. The minimum atomic E-state index is -3.07. The molecule has 1 amide bonds. The van der Waals surface area contributed by atoms with Gasteiger partial charge in [0.15, 0.2) is 0 Å². The molecule has 2 bridgehead atoms. The molecule has 1 spiro atoms. The van der Waals surface area contributed by atoms with Crippen LogP contribution in [-0.2, 0) is 31.1 Å². The van der Waals surface area contributed by atoms with Crippen molar-refractivity contribution < 1.29 is 23.3 Å². The molecule has 0 N–H and O–H groups in total. The minimum absolute atomic E-state index is 0.0104. The van der Waals surface area contributed by atoms with E-state index < -0.39 is 15.6 Å². The van der Waals surface area contributed by atoms with Crippen molar-refractivity contribution in [2.24, 2.45) is 22.1 Å². The van der Waals surface area contributed by atoms with Crippen LogP contribution in [0.1, 0.15) is 85.8 Å². The van der Waals surface area contributed by atoms with E-state index in [1.807, 2.05) is 26.0 Å². The summed E-state index contributed by atoms with van der Waals surface area (Å²) in [7, 11) is -1.28. The van der Waals surface area contributed by atoms with E-state index in [0.29, 0.717) is 43.3 Å². The van der Waals surface area contributed by atoms with Gasteiger partial charge in [0, 0.05) is 43.4 Å². The summed E-state index contributed by atoms with van der Waals surface area (Å²) in [5.41, 5.74) is 5.19. The molecule has 5 atom stereocenters. The number of hydrogen-bond acceptors (Lipinski definition) is 6. The number of methoxy groups -OCH3 is 1. The lowest BCUT2D eigenvalue weighted by atomic mass is 9.68. The number of allylic oxidation sites excluding steroid dienone is 1. The number of amides is 1. The molecule has 0 unspecified atom stereocenters. The maximum atomic E-state index is 14.1. The Labute approximate surface area is 275 Å². The fourth-order valence-corrected chi connectivity index (χ4v) is 10.1. The number of rotatable bonds is 5. The number of anilines is 1. The van der Waals surface area contributed by atoms with Crippen LogP contribution in [0, 0.1) is 24.7 Å². The van der Waals surface area contributed by atoms with Gasteiger partial charge in [-0.2, -0.15) is 4.36 Å². The molecule has 1 saturated carbocycles. The minimum Gasteiger partial charge on any atom is -0.490 e. The Morgan fingerprint density at radius 3 is 2.78 bits per heavy atom. The van der Waals surface area contributed by atoms with Gasteiger partial charge >= 0.3 is 0 Å². The summed E-state index contributed by atoms with van der Waals surface area (Å²) in [5, 5.41) is 0. The van der Waals surface area contributed by atoms with E-state index in [2.05, 4.69) is 46.5 Å². The first kappa shape index (κ1) is 33.0. The van der Waals surface area contributed by atoms with Gasteiger partial charge in [0.05, 0.1) is 33.9 Å². The van der Waals surface area contributed by atoms with Gasteiger partial charge in [0.25, 0.3) is 5.91 Å². The smallest absolute Gasteiger partial charge is 0.285 e. The van der Waals surface area contributed by atoms with E-state index in [-0.39, 0.29) is 34.7 Å². The second kappa shape index (κ2) is 13.6. The number of carbonyl (C=O) groups excluding carboxylic acids is 2. The normalized spacial score (nSPS) is 30.3. The van der Waals surface area contributed by atoms with Crippen molar-refractivity contribution in [2.75, 3.05) is 43.2 Å². The molecule has 4 aliphatic rings. The average molecular weight is 647 g/mol. The lowest BCUT2D eigenvalue weighted by Crippen LogP contribution is -2.49. The molecule has 2 aliphatic heterocycles. The third kappa shape index (κ3) is 6.98. The number of fused-ring (bicyclic) bond motifs is 4. The number of hydrogen-bond donors (Lipinski definition) is 0. The van der Waals surface area contributed by atoms with E-state index in [0.717, 1.165) is 56.6 Å². The first-order valence-corrected chi connectivity index (χ1v) is 19.0. The zero-order valence-corrected chi connectivity index (χ0v) is 28.8. The molecule has 6 rings (SSSR count). The Bertz CT molecular complexity index is 1620. The monoisotopic (exact) mass is 646 g/mol. The summed E-state index contributed by atoms with van der Waals surface area (Å²) in [5.74, 6) is 1.16. The number of Topliss-reactive ketones (excluding diaryl/α,β-unsaturated/α-hetero) is 1. The Hall–Kier alpha value is -2.97. The van der Waals surface area contributed by atoms with E-state index >= 15 is 0 Å². The number of carbonyl (C=O) groups is 2. The zero-order valence-electron chi connectivity index (χ0n) is 28.0. The predicted molar refractivity (Wildman–Crippen MR) is 184 cm³/mol. The van der Waals surface area contributed by atoms with E-state index in [1.54, 1.807) is 13.2 Å². The number of aryl methyl sites for hydroxylation is 2. The van der Waals surface area contributed by atoms with E-state index in [1.165, 1.54) is 16.7 Å². The van der Waals surface area contributed by atoms with Crippen molar-refractivity contribution in [1.29, 1.82) is 0 Å². The molecular weight excluding hydrogens is 596 g/mol. The molecule has 0 radical (unpaired) electrons. The Morgan fingerprint density at radius 1 is 1.17 bits per heavy atom. The molecule has 8 heteroatoms. The zero-order chi connectivity index (χ0) is 32.5. The highest BCUT2D eigenvalue weighted by molar-refractivity contribution is 7.94. The molecule has 0 saturated heterocycles. The number of benzene rings is 2. The van der Waals surface area contributed by atoms with Gasteiger partial charge in [-0.25, -0.2) is 4.21 Å². The van der Waals surface area contributed by atoms with Crippen molar-refractivity contribution in [3.05, 3.63) is 70.8 Å². The maximum Gasteiger partial charge on any atom is 0.285 e. The van der Waals surface area contributed by atoms with E-state index in [4.69, 9.17) is 9.47 Å². The summed E-state index contributed by atoms with van der Waals surface area (Å²) in [6.45, 7) is 8.31. The fraction of sp³-hybridized carbons (Fsp3) is 0.579. The third-order valence-electron chi connectivity index (χ3n) is 10.5. The largest absolute Gasteiger partial charge is 0.490 e. The summed E-state index contributed by atoms with van der Waals surface area (Å²) in [4.78, 5) is 29.1. The van der Waals surface area contributed by atoms with Crippen LogP contribution in [0.2, 0.25) is 0 Å². The van der Waals surface area contributed by atoms with Crippen molar-refractivity contribution in [1.82, 2.24) is 0 Å². The van der Waals surface area contributed by atoms with Gasteiger partial charge in [0.1, 0.15) is 11.5 Å². The van der Waals surface area contributed by atoms with Crippen LogP contribution >= 0.6 is 0 Å². The Kier molecular flexibility index (Phi) is 9.77. The maximum absolute atomic E-state index is 14.1. The lowest BCUT2D eigenvalue weighted by molar-refractivity contribution is -0.117. The highest BCUT2D eigenvalue weighted by Crippen LogP contribution is 2.46. The van der Waals surface area contributed by atoms with Gasteiger partial charge in [-0.15, -0.1) is 0 Å². The third-order valence-corrected chi connectivity index (χ3v) is 12.7. The SMILES string of the molecule is CO[C@H]1/C=C/CCC[S@@](=O)(CC(=O)CC(C)C)=NC(=O)c2ccc3c(c2)N(C[C@@H]2CC[C@H]21)C[C@@]1(CCCc2cc(C)ccc21)CO3. The van der Waals surface area contributed by atoms with Gasteiger partial charge in [-0.3, -0.25) is 9.59 Å². The van der Waals surface area contributed by atoms with E-state index in [9.17, 15) is 13.8 Å². The fourth-order valence-electron chi connectivity index (χ4n) is 8.12. The van der Waals surface area contributed by atoms with Crippen LogP contribution in [0.5, 0.6) is 5.75 Å². The molecule has 2 aromatic carbocycles. The molecular formula is C38H50N2O5S. The molecule has 0 aromatic heterocycles. The molecule has 7 nitrogen and oxygen atoms in total. The van der Waals surface area contributed by atoms with Crippen molar-refractivity contribution >= 4 is 27.1 Å². The molecule has 2 aromatic rings. The predicted octanol–water partition coefficient (Wildman–Crippen LogP) is 7.08. The van der Waals surface area contributed by atoms with Crippen molar-refractivity contribution in [2.45, 2.75) is 83.7 Å². The van der Waals surface area contributed by atoms with Crippen LogP contribution in [0.3, 0.4) is 0 Å². The second-order valence-corrected chi connectivity index (χ2v) is 17.0.